The van der Waals surface area contributed by atoms with Crippen LogP contribution in [0.25, 0.3) is 0 Å². The standard InChI is InChI=1S/C13H24N2O/c16-13(9-12-5-7-14-10-12)15-8-6-11-3-1-2-4-11/h11-12,14H,1-10H2,(H,15,16). The van der Waals surface area contributed by atoms with E-state index in [0.717, 1.165) is 38.4 Å². The Kier molecular flexibility index (Phi) is 4.64. The summed E-state index contributed by atoms with van der Waals surface area (Å²) in [6.45, 7) is 3.00. The van der Waals surface area contributed by atoms with Gasteiger partial charge in [0.15, 0.2) is 0 Å². The van der Waals surface area contributed by atoms with Crippen LogP contribution >= 0.6 is 0 Å². The van der Waals surface area contributed by atoms with Gasteiger partial charge >= 0.3 is 0 Å². The van der Waals surface area contributed by atoms with Crippen molar-refractivity contribution in [3.63, 3.8) is 0 Å². The molecule has 16 heavy (non-hydrogen) atoms. The molecule has 2 fully saturated rings. The van der Waals surface area contributed by atoms with E-state index in [0.29, 0.717) is 5.92 Å². The molecular formula is C13H24N2O. The molecule has 1 aliphatic carbocycles. The van der Waals surface area contributed by atoms with Crippen LogP contribution in [-0.4, -0.2) is 25.5 Å². The first kappa shape index (κ1) is 11.9. The molecule has 0 bridgehead atoms. The van der Waals surface area contributed by atoms with Gasteiger partial charge in [-0.2, -0.15) is 0 Å². The summed E-state index contributed by atoms with van der Waals surface area (Å²) in [4.78, 5) is 11.6. The SMILES string of the molecule is O=C(CC1CCNC1)NCCC1CCCC1. The summed E-state index contributed by atoms with van der Waals surface area (Å²) in [6, 6.07) is 0. The third-order valence-corrected chi connectivity index (χ3v) is 3.99. The van der Waals surface area contributed by atoms with Crippen LogP contribution in [0.3, 0.4) is 0 Å². The van der Waals surface area contributed by atoms with E-state index in [1.54, 1.807) is 0 Å². The maximum absolute atomic E-state index is 11.6. The maximum Gasteiger partial charge on any atom is 0.220 e. The van der Waals surface area contributed by atoms with E-state index in [-0.39, 0.29) is 5.91 Å². The minimum absolute atomic E-state index is 0.256. The minimum Gasteiger partial charge on any atom is -0.356 e. The molecule has 1 saturated carbocycles. The Bertz CT molecular complexity index is 218. The highest BCUT2D eigenvalue weighted by molar-refractivity contribution is 5.76. The van der Waals surface area contributed by atoms with Gasteiger partial charge in [0.25, 0.3) is 0 Å². The van der Waals surface area contributed by atoms with E-state index in [9.17, 15) is 4.79 Å². The predicted octanol–water partition coefficient (Wildman–Crippen LogP) is 1.68. The van der Waals surface area contributed by atoms with Gasteiger partial charge in [0.05, 0.1) is 0 Å². The molecule has 2 aliphatic rings. The second-order valence-electron chi connectivity index (χ2n) is 5.35. The van der Waals surface area contributed by atoms with Gasteiger partial charge in [0.2, 0.25) is 5.91 Å². The molecule has 0 aromatic rings. The Labute approximate surface area is 98.4 Å². The van der Waals surface area contributed by atoms with Crippen molar-refractivity contribution in [2.24, 2.45) is 11.8 Å². The first-order valence-corrected chi connectivity index (χ1v) is 6.82. The Balaban J connectivity index is 1.52. The van der Waals surface area contributed by atoms with Crippen LogP contribution in [0.2, 0.25) is 0 Å². The normalized spacial score (nSPS) is 26.1. The Morgan fingerprint density at radius 2 is 2.00 bits per heavy atom. The average Bonchev–Trinajstić information content (AvgIpc) is 2.90. The van der Waals surface area contributed by atoms with Gasteiger partial charge in [0, 0.05) is 13.0 Å². The second kappa shape index (κ2) is 6.24. The summed E-state index contributed by atoms with van der Waals surface area (Å²) in [6.07, 6.45) is 8.62. The molecule has 0 spiro atoms. The van der Waals surface area contributed by atoms with E-state index in [4.69, 9.17) is 0 Å². The van der Waals surface area contributed by atoms with Crippen molar-refractivity contribution >= 4 is 5.91 Å². The van der Waals surface area contributed by atoms with E-state index in [2.05, 4.69) is 10.6 Å². The van der Waals surface area contributed by atoms with Crippen molar-refractivity contribution in [3.8, 4) is 0 Å². The lowest BCUT2D eigenvalue weighted by atomic mass is 10.0. The van der Waals surface area contributed by atoms with Gasteiger partial charge in [-0.15, -0.1) is 0 Å². The predicted molar refractivity (Wildman–Crippen MR) is 65.2 cm³/mol. The van der Waals surface area contributed by atoms with E-state index < -0.39 is 0 Å². The van der Waals surface area contributed by atoms with Gasteiger partial charge < -0.3 is 10.6 Å². The third-order valence-electron chi connectivity index (χ3n) is 3.99. The molecule has 1 amide bonds. The highest BCUT2D eigenvalue weighted by atomic mass is 16.1. The molecule has 3 nitrogen and oxygen atoms in total. The summed E-state index contributed by atoms with van der Waals surface area (Å²) in [7, 11) is 0. The van der Waals surface area contributed by atoms with E-state index >= 15 is 0 Å². The summed E-state index contributed by atoms with van der Waals surface area (Å²) in [5, 5.41) is 6.37. The van der Waals surface area contributed by atoms with Crippen LogP contribution in [0.4, 0.5) is 0 Å². The highest BCUT2D eigenvalue weighted by Crippen LogP contribution is 2.26. The van der Waals surface area contributed by atoms with Crippen molar-refractivity contribution < 1.29 is 4.79 Å². The van der Waals surface area contributed by atoms with Gasteiger partial charge in [-0.1, -0.05) is 25.7 Å². The molecule has 1 saturated heterocycles. The van der Waals surface area contributed by atoms with Crippen molar-refractivity contribution in [3.05, 3.63) is 0 Å². The molecule has 1 atom stereocenters. The molecule has 1 heterocycles. The topological polar surface area (TPSA) is 41.1 Å². The molecule has 2 rings (SSSR count). The molecular weight excluding hydrogens is 200 g/mol. The van der Waals surface area contributed by atoms with Gasteiger partial charge in [-0.05, 0) is 37.8 Å². The van der Waals surface area contributed by atoms with Crippen molar-refractivity contribution in [1.29, 1.82) is 0 Å². The van der Waals surface area contributed by atoms with Crippen LogP contribution in [-0.2, 0) is 4.79 Å². The molecule has 0 aromatic heterocycles. The average molecular weight is 224 g/mol. The number of rotatable bonds is 5. The van der Waals surface area contributed by atoms with Crippen LogP contribution in [0, 0.1) is 11.8 Å². The number of hydrogen-bond donors (Lipinski definition) is 2. The first-order valence-electron chi connectivity index (χ1n) is 6.82. The van der Waals surface area contributed by atoms with E-state index in [1.807, 2.05) is 0 Å². The number of nitrogens with one attached hydrogen (secondary N) is 2. The maximum atomic E-state index is 11.6. The zero-order valence-electron chi connectivity index (χ0n) is 10.1. The lowest BCUT2D eigenvalue weighted by Crippen LogP contribution is -2.28. The number of carbonyl (C=O) groups is 1. The van der Waals surface area contributed by atoms with Crippen molar-refractivity contribution in [1.82, 2.24) is 10.6 Å². The van der Waals surface area contributed by atoms with Gasteiger partial charge in [-0.25, -0.2) is 0 Å². The van der Waals surface area contributed by atoms with Gasteiger partial charge in [-0.3, -0.25) is 4.79 Å². The fraction of sp³-hybridized carbons (Fsp3) is 0.923. The summed E-state index contributed by atoms with van der Waals surface area (Å²) >= 11 is 0. The molecule has 0 aromatic carbocycles. The smallest absolute Gasteiger partial charge is 0.220 e. The number of carbonyl (C=O) groups excluding carboxylic acids is 1. The Morgan fingerprint density at radius 1 is 1.19 bits per heavy atom. The quantitative estimate of drug-likeness (QED) is 0.746. The van der Waals surface area contributed by atoms with Crippen LogP contribution in [0.1, 0.15) is 44.9 Å². The minimum atomic E-state index is 0.256. The van der Waals surface area contributed by atoms with Crippen LogP contribution < -0.4 is 10.6 Å². The summed E-state index contributed by atoms with van der Waals surface area (Å²) < 4.78 is 0. The molecule has 92 valence electrons. The largest absolute Gasteiger partial charge is 0.356 e. The second-order valence-corrected chi connectivity index (χ2v) is 5.35. The molecule has 1 unspecified atom stereocenters. The zero-order chi connectivity index (χ0) is 11.2. The molecule has 3 heteroatoms. The van der Waals surface area contributed by atoms with Crippen LogP contribution in [0.15, 0.2) is 0 Å². The monoisotopic (exact) mass is 224 g/mol. The molecule has 2 N–H and O–H groups in total. The molecule has 1 aliphatic heterocycles. The first-order chi connectivity index (χ1) is 7.84. The molecule has 0 radical (unpaired) electrons. The number of amides is 1. The Morgan fingerprint density at radius 3 is 2.69 bits per heavy atom. The summed E-state index contributed by atoms with van der Waals surface area (Å²) in [5.74, 6) is 1.71. The number of hydrogen-bond acceptors (Lipinski definition) is 2. The lowest BCUT2D eigenvalue weighted by Gasteiger charge is -2.11. The van der Waals surface area contributed by atoms with Crippen molar-refractivity contribution in [2.45, 2.75) is 44.9 Å². The zero-order valence-corrected chi connectivity index (χ0v) is 10.1. The summed E-state index contributed by atoms with van der Waals surface area (Å²) in [5.41, 5.74) is 0. The van der Waals surface area contributed by atoms with Gasteiger partial charge in [0.1, 0.15) is 0 Å². The highest BCUT2D eigenvalue weighted by Gasteiger charge is 2.18. The fourth-order valence-corrected chi connectivity index (χ4v) is 2.94. The van der Waals surface area contributed by atoms with Crippen LogP contribution in [0.5, 0.6) is 0 Å². The Hall–Kier alpha value is -0.570. The third kappa shape index (κ3) is 3.78. The lowest BCUT2D eigenvalue weighted by molar-refractivity contribution is -0.121. The van der Waals surface area contributed by atoms with Crippen molar-refractivity contribution in [2.75, 3.05) is 19.6 Å². The fourth-order valence-electron chi connectivity index (χ4n) is 2.94. The van der Waals surface area contributed by atoms with E-state index in [1.165, 1.54) is 32.1 Å².